The maximum atomic E-state index is 14.2. The molecule has 3 fully saturated rings. The van der Waals surface area contributed by atoms with Gasteiger partial charge in [-0.1, -0.05) is 44.2 Å². The van der Waals surface area contributed by atoms with Gasteiger partial charge in [0.25, 0.3) is 11.4 Å². The number of non-ortho nitro benzene ring substituents is 2. The molecule has 18 nitrogen and oxygen atoms in total. The van der Waals surface area contributed by atoms with Crippen molar-refractivity contribution in [1.29, 1.82) is 0 Å². The van der Waals surface area contributed by atoms with Crippen molar-refractivity contribution in [2.24, 2.45) is 5.92 Å². The Morgan fingerprint density at radius 1 is 0.825 bits per heavy atom. The van der Waals surface area contributed by atoms with Crippen molar-refractivity contribution in [1.82, 2.24) is 20.4 Å². The van der Waals surface area contributed by atoms with Crippen LogP contribution in [-0.2, 0) is 38.0 Å². The molecular formula is C44H54N6O12S. The number of hydrogen-bond acceptors (Lipinski definition) is 13. The first-order valence-electron chi connectivity index (χ1n) is 21.2. The number of amides is 4. The molecular weight excluding hydrogens is 837 g/mol. The van der Waals surface area contributed by atoms with Crippen molar-refractivity contribution in [2.45, 2.75) is 106 Å². The van der Waals surface area contributed by atoms with Gasteiger partial charge in [0.1, 0.15) is 25.0 Å². The molecule has 1 aliphatic carbocycles. The Morgan fingerprint density at radius 2 is 1.43 bits per heavy atom. The normalized spacial score (nSPS) is 19.7. The van der Waals surface area contributed by atoms with Gasteiger partial charge >= 0.3 is 12.2 Å². The lowest BCUT2D eigenvalue weighted by atomic mass is 9.83. The molecule has 2 aliphatic heterocycles. The van der Waals surface area contributed by atoms with E-state index in [2.05, 4.69) is 10.6 Å². The molecule has 63 heavy (non-hydrogen) atoms. The molecule has 4 amide bonds. The summed E-state index contributed by atoms with van der Waals surface area (Å²) in [5.74, 6) is 0.924. The van der Waals surface area contributed by atoms with Crippen molar-refractivity contribution in [2.75, 3.05) is 26.7 Å². The number of carbonyl (C=O) groups is 4. The number of likely N-dealkylation sites (tertiary alicyclic amines) is 2. The number of ether oxygens (including phenoxy) is 3. The van der Waals surface area contributed by atoms with Crippen molar-refractivity contribution in [3.05, 3.63) is 110 Å². The fourth-order valence-electron chi connectivity index (χ4n) is 8.29. The summed E-state index contributed by atoms with van der Waals surface area (Å²) in [6.07, 6.45) is 3.41. The lowest BCUT2D eigenvalue weighted by molar-refractivity contribution is -0.385. The SMILES string of the molecule is COc1ccc(CS[C@H]2C[C@@H](C(=O)N3CC[C@H](NC(=O)CC(O)C(CC4CCCCC4)NC(=O)OCc4ccc([N+](=O)[O-])cc4)C3)N(C(=O)OCc3ccc([N+](=O)[O-])cc3)C2)cc1. The number of hydrogen-bond donors (Lipinski definition) is 3. The zero-order chi connectivity index (χ0) is 44.9. The van der Waals surface area contributed by atoms with E-state index >= 15 is 0 Å². The van der Waals surface area contributed by atoms with Gasteiger partial charge in [-0.05, 0) is 78.3 Å². The Labute approximate surface area is 369 Å². The van der Waals surface area contributed by atoms with Crippen LogP contribution in [0, 0.1) is 26.1 Å². The number of thioether (sulfide) groups is 1. The predicted octanol–water partition coefficient (Wildman–Crippen LogP) is 6.26. The Morgan fingerprint density at radius 3 is 2.03 bits per heavy atom. The molecule has 1 saturated carbocycles. The number of alkyl carbamates (subject to hydrolysis) is 1. The van der Waals surface area contributed by atoms with Crippen LogP contribution in [0.4, 0.5) is 21.0 Å². The van der Waals surface area contributed by atoms with Crippen LogP contribution < -0.4 is 15.4 Å². The average molecular weight is 891 g/mol. The van der Waals surface area contributed by atoms with Crippen LogP contribution in [0.15, 0.2) is 72.8 Å². The molecule has 0 bridgehead atoms. The summed E-state index contributed by atoms with van der Waals surface area (Å²) in [7, 11) is 1.60. The van der Waals surface area contributed by atoms with E-state index in [1.165, 1.54) is 53.4 Å². The van der Waals surface area contributed by atoms with Crippen molar-refractivity contribution < 1.29 is 48.3 Å². The lowest BCUT2D eigenvalue weighted by Gasteiger charge is -2.30. The number of carbonyl (C=O) groups excluding carboxylic acids is 4. The van der Waals surface area contributed by atoms with E-state index in [0.717, 1.165) is 43.4 Å². The highest BCUT2D eigenvalue weighted by Gasteiger charge is 2.44. The van der Waals surface area contributed by atoms with Crippen LogP contribution in [0.5, 0.6) is 5.75 Å². The second-order valence-corrected chi connectivity index (χ2v) is 17.6. The van der Waals surface area contributed by atoms with Crippen LogP contribution in [0.25, 0.3) is 0 Å². The molecule has 2 unspecified atom stereocenters. The molecule has 0 aromatic heterocycles. The number of aliphatic hydroxyl groups is 1. The molecule has 3 aromatic carbocycles. The fraction of sp³-hybridized carbons (Fsp3) is 0.500. The van der Waals surface area contributed by atoms with Gasteiger partial charge in [-0.3, -0.25) is 34.7 Å². The molecule has 3 N–H and O–H groups in total. The molecule has 2 heterocycles. The third-order valence-electron chi connectivity index (χ3n) is 11.8. The topological polar surface area (TPSA) is 233 Å². The third kappa shape index (κ3) is 13.5. The monoisotopic (exact) mass is 890 g/mol. The molecule has 338 valence electrons. The lowest BCUT2D eigenvalue weighted by Crippen LogP contribution is -2.49. The van der Waals surface area contributed by atoms with E-state index in [4.69, 9.17) is 14.2 Å². The smallest absolute Gasteiger partial charge is 0.410 e. The number of rotatable bonds is 18. The van der Waals surface area contributed by atoms with Gasteiger partial charge in [-0.2, -0.15) is 11.8 Å². The summed E-state index contributed by atoms with van der Waals surface area (Å²) in [5.41, 5.74) is 1.99. The Hall–Kier alpha value is -5.95. The standard InChI is InChI=1S/C44H54N6O12S/c1-60-36-17-11-32(12-18-36)28-63-37-22-39(48(25-37)44(55)62-27-31-9-15-35(16-10-31)50(58)59)42(53)47-20-19-33(24-47)45-41(52)23-40(51)38(21-29-5-3-2-4-6-29)46-43(54)61-26-30-7-13-34(14-8-30)49(56)57/h7-18,29,33,37-40,51H,2-6,19-28H2,1H3,(H,45,52)(H,46,54)/t33-,37-,38?,39-,40?/m0/s1. The molecule has 0 radical (unpaired) electrons. The van der Waals surface area contributed by atoms with Crippen LogP contribution >= 0.6 is 11.8 Å². The molecule has 3 aliphatic rings. The van der Waals surface area contributed by atoms with E-state index in [1.807, 2.05) is 24.3 Å². The summed E-state index contributed by atoms with van der Waals surface area (Å²) in [4.78, 5) is 78.1. The number of benzene rings is 3. The highest BCUT2D eigenvalue weighted by molar-refractivity contribution is 7.99. The molecule has 2 saturated heterocycles. The largest absolute Gasteiger partial charge is 0.497 e. The number of methoxy groups -OCH3 is 1. The Bertz CT molecular complexity index is 2050. The number of nitrogens with one attached hydrogen (secondary N) is 2. The van der Waals surface area contributed by atoms with E-state index < -0.39 is 52.2 Å². The Balaban J connectivity index is 1.03. The quantitative estimate of drug-likeness (QED) is 0.0947. The van der Waals surface area contributed by atoms with E-state index in [0.29, 0.717) is 42.7 Å². The van der Waals surface area contributed by atoms with Crippen molar-refractivity contribution in [3.8, 4) is 5.75 Å². The minimum atomic E-state index is -1.23. The van der Waals surface area contributed by atoms with Crippen LogP contribution in [-0.4, -0.2) is 105 Å². The second-order valence-electron chi connectivity index (χ2n) is 16.3. The first kappa shape index (κ1) is 46.6. The maximum absolute atomic E-state index is 14.2. The summed E-state index contributed by atoms with van der Waals surface area (Å²) < 4.78 is 16.3. The van der Waals surface area contributed by atoms with Gasteiger partial charge in [-0.25, -0.2) is 9.59 Å². The Kier molecular flexibility index (Phi) is 16.6. The number of aliphatic hydroxyl groups excluding tert-OH is 1. The van der Waals surface area contributed by atoms with E-state index in [1.54, 1.807) is 23.8 Å². The number of nitro groups is 2. The van der Waals surface area contributed by atoms with Gasteiger partial charge in [0.15, 0.2) is 0 Å². The van der Waals surface area contributed by atoms with Gasteiger partial charge < -0.3 is 34.9 Å². The predicted molar refractivity (Wildman–Crippen MR) is 232 cm³/mol. The summed E-state index contributed by atoms with van der Waals surface area (Å²) in [6.45, 7) is 0.527. The average Bonchev–Trinajstić information content (AvgIpc) is 3.95. The van der Waals surface area contributed by atoms with Gasteiger partial charge in [-0.15, -0.1) is 0 Å². The zero-order valence-corrected chi connectivity index (χ0v) is 36.0. The van der Waals surface area contributed by atoms with Crippen LogP contribution in [0.3, 0.4) is 0 Å². The van der Waals surface area contributed by atoms with Gasteiger partial charge in [0.2, 0.25) is 11.8 Å². The molecule has 0 spiro atoms. The molecule has 5 atom stereocenters. The molecule has 6 rings (SSSR count). The number of nitrogens with zero attached hydrogens (tertiary/aromatic N) is 4. The van der Waals surface area contributed by atoms with E-state index in [-0.39, 0.29) is 61.2 Å². The maximum Gasteiger partial charge on any atom is 0.410 e. The summed E-state index contributed by atoms with van der Waals surface area (Å²) >= 11 is 1.63. The first-order chi connectivity index (χ1) is 30.3. The zero-order valence-electron chi connectivity index (χ0n) is 35.1. The minimum Gasteiger partial charge on any atom is -0.497 e. The summed E-state index contributed by atoms with van der Waals surface area (Å²) in [5, 5.41) is 39.0. The molecule has 19 heteroatoms. The van der Waals surface area contributed by atoms with Gasteiger partial charge in [0, 0.05) is 60.9 Å². The van der Waals surface area contributed by atoms with Crippen LogP contribution in [0.2, 0.25) is 0 Å². The highest BCUT2D eigenvalue weighted by Crippen LogP contribution is 2.33. The van der Waals surface area contributed by atoms with Crippen molar-refractivity contribution >= 4 is 47.1 Å². The minimum absolute atomic E-state index is 0.0812. The second kappa shape index (κ2) is 22.4. The van der Waals surface area contributed by atoms with E-state index in [9.17, 15) is 44.5 Å². The number of nitro benzene ring substituents is 2. The first-order valence-corrected chi connectivity index (χ1v) is 22.2. The fourth-order valence-corrected chi connectivity index (χ4v) is 9.49. The van der Waals surface area contributed by atoms with Crippen molar-refractivity contribution in [3.63, 3.8) is 0 Å². The summed E-state index contributed by atoms with van der Waals surface area (Å²) in [6, 6.07) is 17.0. The van der Waals surface area contributed by atoms with Gasteiger partial charge in [0.05, 0.1) is 35.5 Å². The highest BCUT2D eigenvalue weighted by atomic mass is 32.2. The molecule has 3 aromatic rings. The third-order valence-corrected chi connectivity index (χ3v) is 13.1. The van der Waals surface area contributed by atoms with Crippen LogP contribution in [0.1, 0.15) is 74.5 Å².